The molecule has 1 saturated heterocycles. The Morgan fingerprint density at radius 3 is 2.79 bits per heavy atom. The van der Waals surface area contributed by atoms with Crippen molar-refractivity contribution < 1.29 is 19.1 Å². The van der Waals surface area contributed by atoms with Gasteiger partial charge in [0.25, 0.3) is 0 Å². The molecule has 0 aromatic carbocycles. The predicted octanol–water partition coefficient (Wildman–Crippen LogP) is 3.05. The molecule has 2 heterocycles. The van der Waals surface area contributed by atoms with Crippen LogP contribution in [0.25, 0.3) is 0 Å². The maximum Gasteiger partial charge on any atom is 0.415 e. The van der Waals surface area contributed by atoms with Gasteiger partial charge in [0.1, 0.15) is 16.7 Å². The van der Waals surface area contributed by atoms with Crippen molar-refractivity contribution in [3.05, 3.63) is 16.0 Å². The second-order valence-corrected chi connectivity index (χ2v) is 8.07. The molecule has 2 N–H and O–H groups in total. The number of ether oxygens (including phenoxy) is 2. The number of halogens is 1. The van der Waals surface area contributed by atoms with E-state index in [1.54, 1.807) is 13.1 Å². The molecule has 134 valence electrons. The number of nitrogens with zero attached hydrogens (tertiary/aromatic N) is 2. The van der Waals surface area contributed by atoms with Gasteiger partial charge in [-0.3, -0.25) is 4.90 Å². The molecule has 1 aromatic rings. The van der Waals surface area contributed by atoms with Crippen LogP contribution in [0.5, 0.6) is 0 Å². The molecule has 1 aromatic heterocycles. The SMILES string of the molecule is CN(Cc1sc(N2C[C@H](CN)OC2=O)cc1Cl)C(=O)OC(C)(C)C. The molecule has 1 atom stereocenters. The Balaban J connectivity index is 2.06. The normalized spacial score (nSPS) is 17.8. The summed E-state index contributed by atoms with van der Waals surface area (Å²) in [6, 6.07) is 1.70. The number of hydrogen-bond acceptors (Lipinski definition) is 6. The fraction of sp³-hybridized carbons (Fsp3) is 0.600. The minimum atomic E-state index is -0.563. The molecule has 7 nitrogen and oxygen atoms in total. The summed E-state index contributed by atoms with van der Waals surface area (Å²) in [6.07, 6.45) is -1.18. The summed E-state index contributed by atoms with van der Waals surface area (Å²) < 4.78 is 10.5. The van der Waals surface area contributed by atoms with Crippen LogP contribution in [0.15, 0.2) is 6.07 Å². The van der Waals surface area contributed by atoms with Crippen molar-refractivity contribution in [1.29, 1.82) is 0 Å². The summed E-state index contributed by atoms with van der Waals surface area (Å²) in [5, 5.41) is 1.17. The molecule has 0 spiro atoms. The Kier molecular flexibility index (Phi) is 5.62. The molecule has 0 radical (unpaired) electrons. The van der Waals surface area contributed by atoms with Crippen LogP contribution in [0.4, 0.5) is 14.6 Å². The maximum atomic E-state index is 12.0. The van der Waals surface area contributed by atoms with Gasteiger partial charge in [-0.25, -0.2) is 9.59 Å². The lowest BCUT2D eigenvalue weighted by molar-refractivity contribution is 0.0287. The number of rotatable bonds is 4. The van der Waals surface area contributed by atoms with Crippen LogP contribution in [-0.2, 0) is 16.0 Å². The largest absolute Gasteiger partial charge is 0.444 e. The highest BCUT2D eigenvalue weighted by molar-refractivity contribution is 7.16. The third-order valence-corrected chi connectivity index (χ3v) is 4.83. The Labute approximate surface area is 150 Å². The summed E-state index contributed by atoms with van der Waals surface area (Å²) >= 11 is 7.59. The lowest BCUT2D eigenvalue weighted by Crippen LogP contribution is -2.33. The van der Waals surface area contributed by atoms with E-state index in [1.807, 2.05) is 20.8 Å². The molecular formula is C15H22ClN3O4S. The Hall–Kier alpha value is -1.51. The number of carbonyl (C=O) groups is 2. The first kappa shape index (κ1) is 18.8. The van der Waals surface area contributed by atoms with Crippen molar-refractivity contribution in [1.82, 2.24) is 4.90 Å². The quantitative estimate of drug-likeness (QED) is 0.874. The molecule has 2 rings (SSSR count). The monoisotopic (exact) mass is 375 g/mol. The summed E-state index contributed by atoms with van der Waals surface area (Å²) in [7, 11) is 1.64. The molecular weight excluding hydrogens is 354 g/mol. The van der Waals surface area contributed by atoms with Crippen molar-refractivity contribution in [2.75, 3.05) is 25.0 Å². The molecule has 0 saturated carbocycles. The number of carbonyl (C=O) groups excluding carboxylic acids is 2. The number of amides is 2. The van der Waals surface area contributed by atoms with Gasteiger partial charge in [-0.05, 0) is 26.8 Å². The number of hydrogen-bond donors (Lipinski definition) is 1. The standard InChI is InChI=1S/C15H22ClN3O4S/c1-15(2,3)23-13(20)18(4)8-11-10(16)5-12(24-11)19-7-9(6-17)22-14(19)21/h5,9H,6-8,17H2,1-4H3/t9-/m0/s1. The van der Waals surface area contributed by atoms with Crippen LogP contribution < -0.4 is 10.6 Å². The molecule has 1 aliphatic rings. The summed E-state index contributed by atoms with van der Waals surface area (Å²) in [5.41, 5.74) is 4.97. The van der Waals surface area contributed by atoms with Gasteiger partial charge in [0.15, 0.2) is 0 Å². The van der Waals surface area contributed by atoms with Crippen molar-refractivity contribution in [3.63, 3.8) is 0 Å². The highest BCUT2D eigenvalue weighted by Gasteiger charge is 2.33. The summed E-state index contributed by atoms with van der Waals surface area (Å²) in [6.45, 7) is 6.39. The summed E-state index contributed by atoms with van der Waals surface area (Å²) in [5.74, 6) is 0. The fourth-order valence-electron chi connectivity index (χ4n) is 2.08. The number of nitrogens with two attached hydrogens (primary N) is 1. The average molecular weight is 376 g/mol. The van der Waals surface area contributed by atoms with E-state index in [-0.39, 0.29) is 12.6 Å². The second kappa shape index (κ2) is 7.16. The van der Waals surface area contributed by atoms with Crippen LogP contribution in [0.2, 0.25) is 5.02 Å². The van der Waals surface area contributed by atoms with E-state index >= 15 is 0 Å². The van der Waals surface area contributed by atoms with E-state index < -0.39 is 17.8 Å². The van der Waals surface area contributed by atoms with Gasteiger partial charge in [-0.2, -0.15) is 0 Å². The first-order valence-electron chi connectivity index (χ1n) is 7.51. The lowest BCUT2D eigenvalue weighted by atomic mass is 10.2. The molecule has 1 fully saturated rings. The smallest absolute Gasteiger partial charge is 0.415 e. The van der Waals surface area contributed by atoms with Crippen LogP contribution in [0.1, 0.15) is 25.6 Å². The molecule has 2 amide bonds. The third-order valence-electron chi connectivity index (χ3n) is 3.23. The van der Waals surface area contributed by atoms with Crippen molar-refractivity contribution in [2.45, 2.75) is 39.0 Å². The highest BCUT2D eigenvalue weighted by Crippen LogP contribution is 2.36. The molecule has 9 heteroatoms. The first-order valence-corrected chi connectivity index (χ1v) is 8.70. The van der Waals surface area contributed by atoms with E-state index in [0.717, 1.165) is 4.88 Å². The molecule has 0 aliphatic carbocycles. The van der Waals surface area contributed by atoms with Gasteiger partial charge in [0, 0.05) is 18.5 Å². The molecule has 1 aliphatic heterocycles. The molecule has 0 unspecified atom stereocenters. The number of thiophene rings is 1. The minimum absolute atomic E-state index is 0.273. The molecule has 0 bridgehead atoms. The predicted molar refractivity (Wildman–Crippen MR) is 93.7 cm³/mol. The third kappa shape index (κ3) is 4.52. The van der Waals surface area contributed by atoms with Gasteiger partial charge in [-0.1, -0.05) is 11.6 Å². The topological polar surface area (TPSA) is 85.1 Å². The fourth-order valence-corrected chi connectivity index (χ4v) is 3.52. The minimum Gasteiger partial charge on any atom is -0.444 e. The van der Waals surface area contributed by atoms with E-state index in [4.69, 9.17) is 26.8 Å². The molecule has 24 heavy (non-hydrogen) atoms. The van der Waals surface area contributed by atoms with Crippen LogP contribution in [0, 0.1) is 0 Å². The second-order valence-electron chi connectivity index (χ2n) is 6.54. The van der Waals surface area contributed by atoms with Crippen LogP contribution in [-0.4, -0.2) is 48.9 Å². The van der Waals surface area contributed by atoms with Gasteiger partial charge in [0.2, 0.25) is 0 Å². The van der Waals surface area contributed by atoms with Crippen molar-refractivity contribution in [2.24, 2.45) is 5.73 Å². The van der Waals surface area contributed by atoms with Gasteiger partial charge >= 0.3 is 12.2 Å². The zero-order chi connectivity index (χ0) is 18.1. The highest BCUT2D eigenvalue weighted by atomic mass is 35.5. The van der Waals surface area contributed by atoms with E-state index in [2.05, 4.69) is 0 Å². The van der Waals surface area contributed by atoms with Gasteiger partial charge < -0.3 is 20.1 Å². The van der Waals surface area contributed by atoms with Crippen LogP contribution in [0.3, 0.4) is 0 Å². The van der Waals surface area contributed by atoms with E-state index in [9.17, 15) is 9.59 Å². The summed E-state index contributed by atoms with van der Waals surface area (Å²) in [4.78, 5) is 27.6. The lowest BCUT2D eigenvalue weighted by Gasteiger charge is -2.24. The Bertz CT molecular complexity index is 629. The number of anilines is 1. The maximum absolute atomic E-state index is 12.0. The Morgan fingerprint density at radius 1 is 1.58 bits per heavy atom. The van der Waals surface area contributed by atoms with E-state index in [0.29, 0.717) is 23.1 Å². The average Bonchev–Trinajstić information content (AvgIpc) is 3.00. The van der Waals surface area contributed by atoms with Crippen molar-refractivity contribution in [3.8, 4) is 0 Å². The zero-order valence-electron chi connectivity index (χ0n) is 14.2. The number of cyclic esters (lactones) is 1. The zero-order valence-corrected chi connectivity index (χ0v) is 15.7. The first-order chi connectivity index (χ1) is 11.1. The van der Waals surface area contributed by atoms with Gasteiger partial charge in [-0.15, -0.1) is 11.3 Å². The van der Waals surface area contributed by atoms with E-state index in [1.165, 1.54) is 21.1 Å². The van der Waals surface area contributed by atoms with Crippen molar-refractivity contribution >= 4 is 40.1 Å². The van der Waals surface area contributed by atoms with Crippen LogP contribution >= 0.6 is 22.9 Å². The Morgan fingerprint density at radius 2 is 2.25 bits per heavy atom. The van der Waals surface area contributed by atoms with Gasteiger partial charge in [0.05, 0.1) is 18.1 Å².